The Kier molecular flexibility index (Phi) is 4.52. The maximum absolute atomic E-state index is 12.1. The molecule has 1 aliphatic rings. The highest BCUT2D eigenvalue weighted by molar-refractivity contribution is 7.92. The molecule has 0 spiro atoms. The van der Waals surface area contributed by atoms with Gasteiger partial charge < -0.3 is 9.47 Å². The SMILES string of the molecule is CCCC1(c2ccc(S(=O)(=O)C(C)C)cc2)OCCO1. The number of hydrogen-bond donors (Lipinski definition) is 0. The van der Waals surface area contributed by atoms with Crippen LogP contribution < -0.4 is 0 Å². The Morgan fingerprint density at radius 1 is 1.15 bits per heavy atom. The molecule has 20 heavy (non-hydrogen) atoms. The zero-order valence-corrected chi connectivity index (χ0v) is 13.1. The van der Waals surface area contributed by atoms with Gasteiger partial charge in [-0.25, -0.2) is 8.42 Å². The van der Waals surface area contributed by atoms with Crippen LogP contribution in [-0.2, 0) is 25.1 Å². The highest BCUT2D eigenvalue weighted by atomic mass is 32.2. The van der Waals surface area contributed by atoms with Gasteiger partial charge in [-0.15, -0.1) is 0 Å². The molecule has 0 N–H and O–H groups in total. The van der Waals surface area contributed by atoms with Gasteiger partial charge in [0, 0.05) is 12.0 Å². The van der Waals surface area contributed by atoms with Crippen LogP contribution in [0.1, 0.15) is 39.2 Å². The van der Waals surface area contributed by atoms with E-state index in [1.54, 1.807) is 38.1 Å². The largest absolute Gasteiger partial charge is 0.343 e. The van der Waals surface area contributed by atoms with E-state index in [0.29, 0.717) is 18.1 Å². The van der Waals surface area contributed by atoms with Crippen LogP contribution in [0.3, 0.4) is 0 Å². The topological polar surface area (TPSA) is 52.6 Å². The first kappa shape index (κ1) is 15.5. The molecule has 2 rings (SSSR count). The first-order valence-corrected chi connectivity index (χ1v) is 8.59. The maximum Gasteiger partial charge on any atom is 0.194 e. The fourth-order valence-corrected chi connectivity index (χ4v) is 3.47. The van der Waals surface area contributed by atoms with E-state index in [1.165, 1.54) is 0 Å². The Balaban J connectivity index is 2.32. The van der Waals surface area contributed by atoms with Gasteiger partial charge in [0.05, 0.1) is 23.4 Å². The lowest BCUT2D eigenvalue weighted by molar-refractivity contribution is -0.171. The third kappa shape index (κ3) is 2.75. The summed E-state index contributed by atoms with van der Waals surface area (Å²) in [6, 6.07) is 6.90. The monoisotopic (exact) mass is 298 g/mol. The molecule has 5 heteroatoms. The normalized spacial score (nSPS) is 18.6. The predicted molar refractivity (Wildman–Crippen MR) is 77.3 cm³/mol. The average molecular weight is 298 g/mol. The molecule has 0 atom stereocenters. The molecule has 0 amide bonds. The van der Waals surface area contributed by atoms with E-state index >= 15 is 0 Å². The van der Waals surface area contributed by atoms with Gasteiger partial charge in [-0.3, -0.25) is 0 Å². The van der Waals surface area contributed by atoms with Gasteiger partial charge in [0.2, 0.25) is 0 Å². The van der Waals surface area contributed by atoms with Crippen molar-refractivity contribution in [2.45, 2.75) is 49.5 Å². The molecule has 1 aromatic carbocycles. The van der Waals surface area contributed by atoms with Crippen molar-refractivity contribution in [1.82, 2.24) is 0 Å². The minimum Gasteiger partial charge on any atom is -0.343 e. The van der Waals surface area contributed by atoms with Gasteiger partial charge in [-0.1, -0.05) is 25.5 Å². The highest BCUT2D eigenvalue weighted by Crippen LogP contribution is 2.36. The Hall–Kier alpha value is -0.910. The lowest BCUT2D eigenvalue weighted by Crippen LogP contribution is -2.27. The van der Waals surface area contributed by atoms with Crippen molar-refractivity contribution in [2.75, 3.05) is 13.2 Å². The summed E-state index contributed by atoms with van der Waals surface area (Å²) < 4.78 is 35.8. The van der Waals surface area contributed by atoms with Crippen molar-refractivity contribution < 1.29 is 17.9 Å². The second-order valence-corrected chi connectivity index (χ2v) is 7.82. The molecule has 0 bridgehead atoms. The van der Waals surface area contributed by atoms with Gasteiger partial charge in [-0.05, 0) is 26.0 Å². The summed E-state index contributed by atoms with van der Waals surface area (Å²) in [5.74, 6) is -0.700. The minimum absolute atomic E-state index is 0.348. The molecule has 1 aromatic rings. The molecule has 0 radical (unpaired) electrons. The molecular weight excluding hydrogens is 276 g/mol. The summed E-state index contributed by atoms with van der Waals surface area (Å²) in [5.41, 5.74) is 0.888. The summed E-state index contributed by atoms with van der Waals surface area (Å²) in [5, 5.41) is -0.420. The quantitative estimate of drug-likeness (QED) is 0.839. The lowest BCUT2D eigenvalue weighted by atomic mass is 10.0. The van der Waals surface area contributed by atoms with Crippen molar-refractivity contribution >= 4 is 9.84 Å². The van der Waals surface area contributed by atoms with E-state index in [4.69, 9.17) is 9.47 Å². The van der Waals surface area contributed by atoms with E-state index in [2.05, 4.69) is 6.92 Å². The molecule has 0 aliphatic carbocycles. The summed E-state index contributed by atoms with van der Waals surface area (Å²) in [7, 11) is -3.23. The van der Waals surface area contributed by atoms with Crippen LogP contribution in [0.4, 0.5) is 0 Å². The van der Waals surface area contributed by atoms with Crippen molar-refractivity contribution in [2.24, 2.45) is 0 Å². The molecule has 0 saturated carbocycles. The Labute approximate surface area is 121 Å². The second kappa shape index (κ2) is 5.84. The number of rotatable bonds is 5. The Morgan fingerprint density at radius 2 is 1.70 bits per heavy atom. The standard InChI is InChI=1S/C15H22O4S/c1-4-9-15(18-10-11-19-15)13-5-7-14(8-6-13)20(16,17)12(2)3/h5-8,12H,4,9-11H2,1-3H3. The Bertz CT molecular complexity index is 540. The zero-order chi connectivity index (χ0) is 14.8. The smallest absolute Gasteiger partial charge is 0.194 e. The lowest BCUT2D eigenvalue weighted by Gasteiger charge is -2.27. The summed E-state index contributed by atoms with van der Waals surface area (Å²) in [6.45, 7) is 6.60. The summed E-state index contributed by atoms with van der Waals surface area (Å²) in [6.07, 6.45) is 1.70. The number of benzene rings is 1. The fourth-order valence-electron chi connectivity index (χ4n) is 2.41. The van der Waals surface area contributed by atoms with Crippen molar-refractivity contribution in [3.05, 3.63) is 29.8 Å². The van der Waals surface area contributed by atoms with E-state index in [-0.39, 0.29) is 0 Å². The van der Waals surface area contributed by atoms with Gasteiger partial charge in [0.25, 0.3) is 0 Å². The molecule has 0 unspecified atom stereocenters. The van der Waals surface area contributed by atoms with E-state index < -0.39 is 20.9 Å². The van der Waals surface area contributed by atoms with E-state index in [0.717, 1.165) is 18.4 Å². The fraction of sp³-hybridized carbons (Fsp3) is 0.600. The van der Waals surface area contributed by atoms with Crippen LogP contribution in [0.15, 0.2) is 29.2 Å². The summed E-state index contributed by atoms with van der Waals surface area (Å²) in [4.78, 5) is 0.348. The first-order valence-electron chi connectivity index (χ1n) is 7.05. The molecule has 4 nitrogen and oxygen atoms in total. The Morgan fingerprint density at radius 3 is 2.15 bits per heavy atom. The molecule has 1 aliphatic heterocycles. The number of hydrogen-bond acceptors (Lipinski definition) is 4. The van der Waals surface area contributed by atoms with Gasteiger partial charge in [-0.2, -0.15) is 0 Å². The molecule has 1 saturated heterocycles. The average Bonchev–Trinajstić information content (AvgIpc) is 2.89. The number of sulfone groups is 1. The van der Waals surface area contributed by atoms with E-state index in [9.17, 15) is 8.42 Å². The van der Waals surface area contributed by atoms with Crippen LogP contribution in [0.25, 0.3) is 0 Å². The summed E-state index contributed by atoms with van der Waals surface area (Å²) >= 11 is 0. The molecule has 1 fully saturated rings. The van der Waals surface area contributed by atoms with Crippen molar-refractivity contribution in [1.29, 1.82) is 0 Å². The zero-order valence-electron chi connectivity index (χ0n) is 12.3. The van der Waals surface area contributed by atoms with Gasteiger partial charge >= 0.3 is 0 Å². The van der Waals surface area contributed by atoms with E-state index in [1.807, 2.05) is 0 Å². The molecule has 1 heterocycles. The third-order valence-electron chi connectivity index (χ3n) is 3.58. The minimum atomic E-state index is -3.23. The van der Waals surface area contributed by atoms with Crippen molar-refractivity contribution in [3.8, 4) is 0 Å². The van der Waals surface area contributed by atoms with Crippen LogP contribution in [0, 0.1) is 0 Å². The number of ether oxygens (including phenoxy) is 2. The first-order chi connectivity index (χ1) is 9.42. The van der Waals surface area contributed by atoms with Crippen LogP contribution in [0.5, 0.6) is 0 Å². The molecule has 0 aromatic heterocycles. The molecule has 112 valence electrons. The van der Waals surface area contributed by atoms with Crippen LogP contribution in [-0.4, -0.2) is 26.9 Å². The van der Waals surface area contributed by atoms with Gasteiger partial charge in [0.1, 0.15) is 0 Å². The second-order valence-electron chi connectivity index (χ2n) is 5.32. The third-order valence-corrected chi connectivity index (χ3v) is 5.75. The van der Waals surface area contributed by atoms with Crippen molar-refractivity contribution in [3.63, 3.8) is 0 Å². The maximum atomic E-state index is 12.1. The predicted octanol–water partition coefficient (Wildman–Crippen LogP) is 2.87. The van der Waals surface area contributed by atoms with Crippen LogP contribution in [0.2, 0.25) is 0 Å². The molecular formula is C15H22O4S. The van der Waals surface area contributed by atoms with Crippen LogP contribution >= 0.6 is 0 Å². The van der Waals surface area contributed by atoms with Gasteiger partial charge in [0.15, 0.2) is 15.6 Å². The highest BCUT2D eigenvalue weighted by Gasteiger charge is 2.37.